The van der Waals surface area contributed by atoms with Gasteiger partial charge in [-0.3, -0.25) is 4.90 Å². The van der Waals surface area contributed by atoms with Gasteiger partial charge in [-0.15, -0.1) is 0 Å². The molecule has 1 aromatic carbocycles. The third-order valence-electron chi connectivity index (χ3n) is 4.24. The summed E-state index contributed by atoms with van der Waals surface area (Å²) < 4.78 is 14.0. The molecule has 1 aliphatic carbocycles. The van der Waals surface area contributed by atoms with Crippen LogP contribution in [0.2, 0.25) is 0 Å². The highest BCUT2D eigenvalue weighted by Gasteiger charge is 2.29. The van der Waals surface area contributed by atoms with Gasteiger partial charge in [-0.2, -0.15) is 0 Å². The average Bonchev–Trinajstić information content (AvgIpc) is 2.33. The van der Waals surface area contributed by atoms with E-state index in [0.717, 1.165) is 24.6 Å². The van der Waals surface area contributed by atoms with E-state index in [-0.39, 0.29) is 17.9 Å². The Morgan fingerprint density at radius 1 is 1.37 bits per heavy atom. The highest BCUT2D eigenvalue weighted by Crippen LogP contribution is 2.32. The second-order valence-corrected chi connectivity index (χ2v) is 5.71. The third-order valence-corrected chi connectivity index (χ3v) is 4.24. The molecular weight excluding hydrogens is 239 g/mol. The minimum Gasteiger partial charge on any atom is -0.326 e. The summed E-state index contributed by atoms with van der Waals surface area (Å²) in [5.41, 5.74) is 6.88. The van der Waals surface area contributed by atoms with E-state index >= 15 is 0 Å². The summed E-state index contributed by atoms with van der Waals surface area (Å²) in [4.78, 5) is 2.34. The van der Waals surface area contributed by atoms with E-state index in [1.54, 1.807) is 6.07 Å². The molecule has 0 radical (unpaired) electrons. The Labute approximate surface area is 115 Å². The van der Waals surface area contributed by atoms with Gasteiger partial charge in [-0.1, -0.05) is 31.5 Å². The summed E-state index contributed by atoms with van der Waals surface area (Å²) in [6, 6.07) is 6.93. The molecule has 0 heterocycles. The molecule has 2 nitrogen and oxygen atoms in total. The van der Waals surface area contributed by atoms with Gasteiger partial charge in [0, 0.05) is 18.2 Å². The lowest BCUT2D eigenvalue weighted by molar-refractivity contribution is 0.123. The van der Waals surface area contributed by atoms with E-state index in [4.69, 9.17) is 5.73 Å². The highest BCUT2D eigenvalue weighted by molar-refractivity contribution is 5.22. The first-order valence-electron chi connectivity index (χ1n) is 7.37. The first kappa shape index (κ1) is 14.5. The summed E-state index contributed by atoms with van der Waals surface area (Å²) in [5.74, 6) is 0.629. The summed E-state index contributed by atoms with van der Waals surface area (Å²) >= 11 is 0. The monoisotopic (exact) mass is 264 g/mol. The largest absolute Gasteiger partial charge is 0.326 e. The Balaban J connectivity index is 2.19. The molecule has 1 saturated carbocycles. The van der Waals surface area contributed by atoms with Crippen molar-refractivity contribution in [1.82, 2.24) is 4.90 Å². The van der Waals surface area contributed by atoms with Gasteiger partial charge < -0.3 is 5.73 Å². The molecule has 2 unspecified atom stereocenters. The van der Waals surface area contributed by atoms with Crippen LogP contribution in [0, 0.1) is 11.7 Å². The lowest BCUT2D eigenvalue weighted by atomic mass is 9.84. The van der Waals surface area contributed by atoms with Crippen molar-refractivity contribution in [2.24, 2.45) is 11.7 Å². The summed E-state index contributed by atoms with van der Waals surface area (Å²) in [7, 11) is 0. The maximum Gasteiger partial charge on any atom is 0.128 e. The quantitative estimate of drug-likeness (QED) is 0.854. The summed E-state index contributed by atoms with van der Waals surface area (Å²) in [6.07, 6.45) is 3.95. The molecule has 0 spiro atoms. The van der Waals surface area contributed by atoms with Crippen LogP contribution in [0.25, 0.3) is 0 Å². The number of likely N-dealkylation sites (N-methyl/N-ethyl adjacent to an activating group) is 1. The van der Waals surface area contributed by atoms with E-state index in [1.165, 1.54) is 25.3 Å². The summed E-state index contributed by atoms with van der Waals surface area (Å²) in [6.45, 7) is 6.06. The summed E-state index contributed by atoms with van der Waals surface area (Å²) in [5, 5.41) is 0. The fourth-order valence-electron chi connectivity index (χ4n) is 2.97. The van der Waals surface area contributed by atoms with Crippen LogP contribution in [0.4, 0.5) is 4.39 Å². The van der Waals surface area contributed by atoms with Crippen LogP contribution in [-0.2, 0) is 0 Å². The first-order valence-corrected chi connectivity index (χ1v) is 7.37. The molecule has 0 bridgehead atoms. The second-order valence-electron chi connectivity index (χ2n) is 5.71. The van der Waals surface area contributed by atoms with Crippen molar-refractivity contribution < 1.29 is 4.39 Å². The van der Waals surface area contributed by atoms with Crippen molar-refractivity contribution in [3.8, 4) is 0 Å². The predicted octanol–water partition coefficient (Wildman–Crippen LogP) is 3.34. The molecule has 0 aromatic heterocycles. The molecule has 2 atom stereocenters. The van der Waals surface area contributed by atoms with Gasteiger partial charge in [0.15, 0.2) is 0 Å². The molecule has 19 heavy (non-hydrogen) atoms. The zero-order valence-electron chi connectivity index (χ0n) is 12.0. The van der Waals surface area contributed by atoms with Crippen LogP contribution < -0.4 is 5.73 Å². The zero-order chi connectivity index (χ0) is 13.8. The molecule has 1 fully saturated rings. The molecule has 0 aliphatic heterocycles. The molecule has 1 aliphatic rings. The number of nitrogens with zero attached hydrogens (tertiary/aromatic N) is 1. The van der Waals surface area contributed by atoms with Crippen LogP contribution in [0.3, 0.4) is 0 Å². The smallest absolute Gasteiger partial charge is 0.128 e. The molecule has 106 valence electrons. The van der Waals surface area contributed by atoms with Crippen molar-refractivity contribution >= 4 is 0 Å². The molecule has 0 saturated heterocycles. The average molecular weight is 264 g/mol. The predicted molar refractivity (Wildman–Crippen MR) is 77.4 cm³/mol. The van der Waals surface area contributed by atoms with Crippen molar-refractivity contribution in [3.63, 3.8) is 0 Å². The van der Waals surface area contributed by atoms with Crippen molar-refractivity contribution in [1.29, 1.82) is 0 Å². The van der Waals surface area contributed by atoms with E-state index in [1.807, 2.05) is 19.1 Å². The van der Waals surface area contributed by atoms with E-state index in [9.17, 15) is 4.39 Å². The standard InChI is InChI=1S/C16H25FN2/c1-3-19(11-13-7-6-8-13)16(12(2)18)14-9-4-5-10-15(14)17/h4-5,9-10,12-13,16H,3,6-8,11,18H2,1-2H3. The fraction of sp³-hybridized carbons (Fsp3) is 0.625. The van der Waals surface area contributed by atoms with Crippen LogP contribution in [0.5, 0.6) is 0 Å². The van der Waals surface area contributed by atoms with Crippen LogP contribution in [-0.4, -0.2) is 24.0 Å². The topological polar surface area (TPSA) is 29.3 Å². The lowest BCUT2D eigenvalue weighted by Crippen LogP contribution is -2.43. The lowest BCUT2D eigenvalue weighted by Gasteiger charge is -2.38. The maximum atomic E-state index is 14.0. The van der Waals surface area contributed by atoms with Gasteiger partial charge >= 0.3 is 0 Å². The minimum atomic E-state index is -0.142. The third kappa shape index (κ3) is 3.34. The fourth-order valence-corrected chi connectivity index (χ4v) is 2.97. The number of rotatable bonds is 6. The number of hydrogen-bond acceptors (Lipinski definition) is 2. The molecule has 0 amide bonds. The van der Waals surface area contributed by atoms with Gasteiger partial charge in [-0.25, -0.2) is 4.39 Å². The number of benzene rings is 1. The highest BCUT2D eigenvalue weighted by atomic mass is 19.1. The second kappa shape index (κ2) is 6.49. The van der Waals surface area contributed by atoms with Crippen LogP contribution in [0.1, 0.15) is 44.7 Å². The van der Waals surface area contributed by atoms with Gasteiger partial charge in [0.25, 0.3) is 0 Å². The number of hydrogen-bond donors (Lipinski definition) is 1. The molecule has 1 aromatic rings. The van der Waals surface area contributed by atoms with Crippen molar-refractivity contribution in [2.45, 2.75) is 45.2 Å². The first-order chi connectivity index (χ1) is 9.13. The van der Waals surface area contributed by atoms with Crippen molar-refractivity contribution in [2.75, 3.05) is 13.1 Å². The van der Waals surface area contributed by atoms with E-state index in [0.29, 0.717) is 0 Å². The van der Waals surface area contributed by atoms with Crippen LogP contribution in [0.15, 0.2) is 24.3 Å². The SMILES string of the molecule is CCN(CC1CCC1)C(c1ccccc1F)C(C)N. The molecule has 3 heteroatoms. The van der Waals surface area contributed by atoms with Crippen LogP contribution >= 0.6 is 0 Å². The maximum absolute atomic E-state index is 14.0. The van der Waals surface area contributed by atoms with E-state index < -0.39 is 0 Å². The Bertz CT molecular complexity index is 401. The molecule has 2 N–H and O–H groups in total. The number of halogens is 1. The number of nitrogens with two attached hydrogens (primary N) is 1. The van der Waals surface area contributed by atoms with E-state index in [2.05, 4.69) is 11.8 Å². The Morgan fingerprint density at radius 2 is 2.05 bits per heavy atom. The molecular formula is C16H25FN2. The Morgan fingerprint density at radius 3 is 2.53 bits per heavy atom. The van der Waals surface area contributed by atoms with Gasteiger partial charge in [0.05, 0.1) is 6.04 Å². The van der Waals surface area contributed by atoms with Gasteiger partial charge in [0.1, 0.15) is 5.82 Å². The minimum absolute atomic E-state index is 0.0215. The van der Waals surface area contributed by atoms with Gasteiger partial charge in [0.2, 0.25) is 0 Å². The zero-order valence-corrected chi connectivity index (χ0v) is 12.0. The van der Waals surface area contributed by atoms with Gasteiger partial charge in [-0.05, 0) is 38.3 Å². The Kier molecular flexibility index (Phi) is 4.94. The Hall–Kier alpha value is -0.930. The van der Waals surface area contributed by atoms with Crippen molar-refractivity contribution in [3.05, 3.63) is 35.6 Å². The molecule has 2 rings (SSSR count). The normalized spacial score (nSPS) is 19.2.